The van der Waals surface area contributed by atoms with Crippen molar-refractivity contribution < 1.29 is 23.5 Å². The van der Waals surface area contributed by atoms with Crippen LogP contribution in [0.25, 0.3) is 0 Å². The minimum Gasteiger partial charge on any atom is -0.459 e. The summed E-state index contributed by atoms with van der Waals surface area (Å²) in [4.78, 5) is 12.6. The molecule has 0 aromatic carbocycles. The molecule has 0 N–H and O–H groups in total. The fourth-order valence-electron chi connectivity index (χ4n) is 4.93. The summed E-state index contributed by atoms with van der Waals surface area (Å²) >= 11 is 0. The Bertz CT molecular complexity index is 871. The summed E-state index contributed by atoms with van der Waals surface area (Å²) in [7, 11) is 2.37. The Kier molecular flexibility index (Phi) is 12.4. The van der Waals surface area contributed by atoms with Crippen molar-refractivity contribution in [3.8, 4) is 0 Å². The van der Waals surface area contributed by atoms with Gasteiger partial charge in [-0.25, -0.2) is 4.79 Å². The summed E-state index contributed by atoms with van der Waals surface area (Å²) in [5.41, 5.74) is 2.52. The van der Waals surface area contributed by atoms with Gasteiger partial charge in [-0.15, -0.1) is 0 Å². The predicted octanol–water partition coefficient (Wildman–Crippen LogP) is 6.74. The van der Waals surface area contributed by atoms with E-state index >= 15 is 0 Å². The fourth-order valence-corrected chi connectivity index (χ4v) is 5.11. The first-order chi connectivity index (χ1) is 17.4. The molecule has 0 spiro atoms. The fraction of sp³-hybridized carbons (Fsp3) is 0.567. The number of carbonyl (C=O) groups is 1. The maximum absolute atomic E-state index is 12.6. The first-order valence-corrected chi connectivity index (χ1v) is 13.7. The SMILES string of the molecule is C=C1CC(OP)C=CC[C@@H](CC=C[C@@H]2CC(C)=CCO2)OC(=O)C=CC[C@@H]2C=CC[C@@H](C[C@@H](C)C1)O2. The van der Waals surface area contributed by atoms with Crippen LogP contribution in [-0.4, -0.2) is 43.1 Å². The highest BCUT2D eigenvalue weighted by Gasteiger charge is 2.21. The van der Waals surface area contributed by atoms with Gasteiger partial charge in [-0.2, -0.15) is 0 Å². The summed E-state index contributed by atoms with van der Waals surface area (Å²) in [5.74, 6) is 0.157. The molecular formula is C30H43O5P. The summed E-state index contributed by atoms with van der Waals surface area (Å²) in [6, 6.07) is 0. The van der Waals surface area contributed by atoms with Crippen LogP contribution in [0.3, 0.4) is 0 Å². The van der Waals surface area contributed by atoms with Crippen molar-refractivity contribution in [3.63, 3.8) is 0 Å². The van der Waals surface area contributed by atoms with E-state index in [0.717, 1.165) is 32.1 Å². The molecule has 0 radical (unpaired) electrons. The van der Waals surface area contributed by atoms with Gasteiger partial charge in [-0.3, -0.25) is 0 Å². The number of cyclic esters (lactones) is 1. The molecule has 0 saturated carbocycles. The van der Waals surface area contributed by atoms with Gasteiger partial charge < -0.3 is 18.7 Å². The van der Waals surface area contributed by atoms with E-state index in [2.05, 4.69) is 66.3 Å². The van der Waals surface area contributed by atoms with Crippen LogP contribution in [0.15, 0.2) is 72.4 Å². The standard InChI is InChI=1S/C30H43O5P/c1-22-16-17-32-27(19-22)12-4-9-26-10-6-14-29(35-36)21-24(3)18-23(2)20-28-13-5-8-25(33-28)11-7-15-30(31)34-26/h4-8,12,14-16,23,25-29H,3,9-11,13,17-21,36H2,1-2H3/t23-,25-,26+,27+,28-,29?/m0/s1. The van der Waals surface area contributed by atoms with E-state index in [1.54, 1.807) is 0 Å². The second-order valence-corrected chi connectivity index (χ2v) is 10.6. The van der Waals surface area contributed by atoms with Crippen LogP contribution in [0.4, 0.5) is 0 Å². The molecule has 0 aromatic heterocycles. The largest absolute Gasteiger partial charge is 0.459 e. The van der Waals surface area contributed by atoms with Gasteiger partial charge in [0.1, 0.15) is 6.10 Å². The molecule has 0 aliphatic carbocycles. The van der Waals surface area contributed by atoms with Gasteiger partial charge in [0.15, 0.2) is 0 Å². The van der Waals surface area contributed by atoms with Crippen LogP contribution in [0, 0.1) is 5.92 Å². The topological polar surface area (TPSA) is 54.0 Å². The Morgan fingerprint density at radius 3 is 2.78 bits per heavy atom. The normalized spacial score (nSPS) is 33.1. The van der Waals surface area contributed by atoms with Gasteiger partial charge in [-0.1, -0.05) is 73.3 Å². The van der Waals surface area contributed by atoms with Gasteiger partial charge in [0.25, 0.3) is 0 Å². The number of hydrogen-bond acceptors (Lipinski definition) is 5. The molecule has 3 rings (SSSR count). The Hall–Kier alpha value is -1.78. The lowest BCUT2D eigenvalue weighted by Crippen LogP contribution is -2.25. The third-order valence-electron chi connectivity index (χ3n) is 6.75. The maximum Gasteiger partial charge on any atom is 0.330 e. The van der Waals surface area contributed by atoms with Gasteiger partial charge in [0.2, 0.25) is 0 Å². The van der Waals surface area contributed by atoms with Crippen molar-refractivity contribution in [1.82, 2.24) is 0 Å². The monoisotopic (exact) mass is 514 g/mol. The third kappa shape index (κ3) is 10.7. The Morgan fingerprint density at radius 1 is 1.14 bits per heavy atom. The highest BCUT2D eigenvalue weighted by Crippen LogP contribution is 2.26. The molecule has 3 aliphatic heterocycles. The first kappa shape index (κ1) is 28.8. The average Bonchev–Trinajstić information content (AvgIpc) is 2.83. The van der Waals surface area contributed by atoms with E-state index in [1.807, 2.05) is 12.2 Å². The smallest absolute Gasteiger partial charge is 0.330 e. The van der Waals surface area contributed by atoms with Crippen LogP contribution in [0.2, 0.25) is 0 Å². The van der Waals surface area contributed by atoms with Gasteiger partial charge in [0, 0.05) is 28.4 Å². The van der Waals surface area contributed by atoms with Crippen molar-refractivity contribution in [2.24, 2.45) is 5.92 Å². The summed E-state index contributed by atoms with van der Waals surface area (Å²) in [6.45, 7) is 9.34. The van der Waals surface area contributed by atoms with Crippen LogP contribution < -0.4 is 0 Å². The van der Waals surface area contributed by atoms with Crippen molar-refractivity contribution in [2.75, 3.05) is 6.61 Å². The molecule has 3 heterocycles. The Labute approximate surface area is 219 Å². The Balaban J connectivity index is 1.67. The zero-order valence-electron chi connectivity index (χ0n) is 21.8. The molecule has 3 aliphatic rings. The number of carbonyl (C=O) groups excluding carboxylic acids is 1. The lowest BCUT2D eigenvalue weighted by Gasteiger charge is -2.28. The molecule has 0 saturated heterocycles. The van der Waals surface area contributed by atoms with Crippen LogP contribution in [-0.2, 0) is 23.5 Å². The molecule has 2 bridgehead atoms. The van der Waals surface area contributed by atoms with E-state index in [0.29, 0.717) is 31.8 Å². The van der Waals surface area contributed by atoms with Gasteiger partial charge in [-0.05, 0) is 51.4 Å². The summed E-state index contributed by atoms with van der Waals surface area (Å²) in [5, 5.41) is 0. The number of esters is 1. The zero-order valence-corrected chi connectivity index (χ0v) is 23.0. The molecule has 0 aromatic rings. The van der Waals surface area contributed by atoms with Crippen molar-refractivity contribution in [2.45, 2.75) is 95.7 Å². The summed E-state index contributed by atoms with van der Waals surface area (Å²) < 4.78 is 23.5. The van der Waals surface area contributed by atoms with E-state index in [9.17, 15) is 4.79 Å². The van der Waals surface area contributed by atoms with E-state index < -0.39 is 0 Å². The highest BCUT2D eigenvalue weighted by atomic mass is 31.0. The van der Waals surface area contributed by atoms with E-state index in [4.69, 9.17) is 18.7 Å². The molecule has 0 fully saturated rings. The average molecular weight is 515 g/mol. The minimum atomic E-state index is -0.326. The molecule has 2 unspecified atom stereocenters. The van der Waals surface area contributed by atoms with Crippen LogP contribution in [0.5, 0.6) is 0 Å². The van der Waals surface area contributed by atoms with Crippen LogP contribution >= 0.6 is 9.47 Å². The maximum atomic E-state index is 12.6. The van der Waals surface area contributed by atoms with E-state index in [1.165, 1.54) is 17.2 Å². The third-order valence-corrected chi connectivity index (χ3v) is 7.10. The second-order valence-electron chi connectivity index (χ2n) is 10.3. The van der Waals surface area contributed by atoms with E-state index in [-0.39, 0.29) is 36.5 Å². The highest BCUT2D eigenvalue weighted by molar-refractivity contribution is 7.09. The number of hydrogen-bond donors (Lipinski definition) is 0. The number of fused-ring (bicyclic) bond motifs is 2. The van der Waals surface area contributed by atoms with Crippen molar-refractivity contribution in [3.05, 3.63) is 72.4 Å². The molecular weight excluding hydrogens is 471 g/mol. The molecule has 198 valence electrons. The Morgan fingerprint density at radius 2 is 1.97 bits per heavy atom. The molecule has 6 heteroatoms. The van der Waals surface area contributed by atoms with Crippen LogP contribution in [0.1, 0.15) is 65.2 Å². The summed E-state index contributed by atoms with van der Waals surface area (Å²) in [6.07, 6.45) is 24.4. The molecule has 36 heavy (non-hydrogen) atoms. The quantitative estimate of drug-likeness (QED) is 0.236. The second kappa shape index (κ2) is 15.5. The zero-order chi connectivity index (χ0) is 25.8. The van der Waals surface area contributed by atoms with Gasteiger partial charge >= 0.3 is 5.97 Å². The molecule has 0 amide bonds. The number of rotatable bonds is 4. The lowest BCUT2D eigenvalue weighted by molar-refractivity contribution is -0.142. The van der Waals surface area contributed by atoms with Crippen molar-refractivity contribution in [1.29, 1.82) is 0 Å². The van der Waals surface area contributed by atoms with Gasteiger partial charge in [0.05, 0.1) is 31.0 Å². The number of ether oxygens (including phenoxy) is 3. The first-order valence-electron chi connectivity index (χ1n) is 13.2. The molecule has 7 atom stereocenters. The van der Waals surface area contributed by atoms with Crippen molar-refractivity contribution >= 4 is 15.4 Å². The predicted molar refractivity (Wildman–Crippen MR) is 148 cm³/mol. The molecule has 5 nitrogen and oxygen atoms in total. The lowest BCUT2D eigenvalue weighted by atomic mass is 9.91. The minimum absolute atomic E-state index is 0.00774.